The van der Waals surface area contributed by atoms with Crippen molar-refractivity contribution in [3.8, 4) is 0 Å². The summed E-state index contributed by atoms with van der Waals surface area (Å²) in [5, 5.41) is 5.70. The first-order chi connectivity index (χ1) is 18.8. The first kappa shape index (κ1) is 31.7. The van der Waals surface area contributed by atoms with Gasteiger partial charge in [0.05, 0.1) is 9.79 Å². The van der Waals surface area contributed by atoms with E-state index >= 15 is 0 Å². The van der Waals surface area contributed by atoms with E-state index in [4.69, 9.17) is 0 Å². The highest BCUT2D eigenvalue weighted by Crippen LogP contribution is 2.31. The van der Waals surface area contributed by atoms with Gasteiger partial charge in [0, 0.05) is 35.3 Å². The van der Waals surface area contributed by atoms with E-state index in [0.717, 1.165) is 0 Å². The predicted molar refractivity (Wildman–Crippen MR) is 156 cm³/mol. The van der Waals surface area contributed by atoms with Crippen molar-refractivity contribution in [3.05, 3.63) is 48.5 Å². The van der Waals surface area contributed by atoms with E-state index in [2.05, 4.69) is 20.1 Å². The molecule has 0 aliphatic heterocycles. The van der Waals surface area contributed by atoms with E-state index in [0.29, 0.717) is 49.9 Å². The summed E-state index contributed by atoms with van der Waals surface area (Å²) in [7, 11) is -7.24. The highest BCUT2D eigenvalue weighted by Gasteiger charge is 2.30. The van der Waals surface area contributed by atoms with Crippen LogP contribution >= 0.6 is 0 Å². The summed E-state index contributed by atoms with van der Waals surface area (Å²) in [6.45, 7) is 7.38. The van der Waals surface area contributed by atoms with E-state index in [1.165, 1.54) is 24.3 Å². The fraction of sp³-hybridized carbons (Fsp3) is 0.500. The van der Waals surface area contributed by atoms with Gasteiger partial charge >= 0.3 is 0 Å². The second kappa shape index (κ2) is 13.7. The minimum atomic E-state index is -3.62. The zero-order chi connectivity index (χ0) is 29.5. The van der Waals surface area contributed by atoms with Crippen LogP contribution in [0.4, 0.5) is 11.4 Å². The van der Waals surface area contributed by atoms with Gasteiger partial charge in [-0.1, -0.05) is 13.8 Å². The van der Waals surface area contributed by atoms with Crippen molar-refractivity contribution in [3.63, 3.8) is 0 Å². The number of carbonyl (C=O) groups is 2. The van der Waals surface area contributed by atoms with Crippen LogP contribution in [-0.4, -0.2) is 40.7 Å². The fourth-order valence-corrected chi connectivity index (χ4v) is 7.03. The van der Waals surface area contributed by atoms with Crippen LogP contribution in [0.15, 0.2) is 58.3 Å². The zero-order valence-electron chi connectivity index (χ0n) is 23.4. The number of anilines is 2. The number of hydrogen-bond acceptors (Lipinski definition) is 6. The van der Waals surface area contributed by atoms with Gasteiger partial charge in [-0.05, 0) is 101 Å². The summed E-state index contributed by atoms with van der Waals surface area (Å²) in [6.07, 6.45) is 3.55. The largest absolute Gasteiger partial charge is 0.326 e. The molecular formula is C28H40N4O6S2. The van der Waals surface area contributed by atoms with Crippen LogP contribution in [0.5, 0.6) is 0 Å². The van der Waals surface area contributed by atoms with Gasteiger partial charge in [-0.3, -0.25) is 9.59 Å². The van der Waals surface area contributed by atoms with Gasteiger partial charge in [0.1, 0.15) is 0 Å². The van der Waals surface area contributed by atoms with Gasteiger partial charge in [0.25, 0.3) is 0 Å². The van der Waals surface area contributed by atoms with Crippen LogP contribution in [0.25, 0.3) is 0 Å². The summed E-state index contributed by atoms with van der Waals surface area (Å²) in [4.78, 5) is 25.9. The number of nitrogens with one attached hydrogen (secondary N) is 4. The molecule has 0 saturated heterocycles. The molecule has 1 fully saturated rings. The Morgan fingerprint density at radius 3 is 1.23 bits per heavy atom. The molecule has 2 atom stereocenters. The number of sulfonamides is 2. The highest BCUT2D eigenvalue weighted by molar-refractivity contribution is 7.89. The first-order valence-electron chi connectivity index (χ1n) is 13.7. The lowest BCUT2D eigenvalue weighted by atomic mass is 9.81. The Hall–Kier alpha value is -2.80. The maximum absolute atomic E-state index is 12.8. The number of hydrogen-bond donors (Lipinski definition) is 4. The molecule has 3 rings (SSSR count). The number of rotatable bonds is 12. The van der Waals surface area contributed by atoms with Crippen LogP contribution < -0.4 is 20.1 Å². The van der Waals surface area contributed by atoms with Crippen molar-refractivity contribution in [1.29, 1.82) is 0 Å². The average Bonchev–Trinajstić information content (AvgIpc) is 2.93. The van der Waals surface area contributed by atoms with Crippen molar-refractivity contribution in [1.82, 2.24) is 9.44 Å². The van der Waals surface area contributed by atoms with Gasteiger partial charge in [-0.15, -0.1) is 0 Å². The lowest BCUT2D eigenvalue weighted by Crippen LogP contribution is -2.32. The van der Waals surface area contributed by atoms with Gasteiger partial charge in [0.15, 0.2) is 0 Å². The second-order valence-corrected chi connectivity index (χ2v) is 13.9. The summed E-state index contributed by atoms with van der Waals surface area (Å²) in [5.74, 6) is -0.811. The molecule has 12 heteroatoms. The topological polar surface area (TPSA) is 151 Å². The predicted octanol–water partition coefficient (Wildman–Crippen LogP) is 4.22. The minimum Gasteiger partial charge on any atom is -0.326 e. The molecule has 2 aromatic rings. The van der Waals surface area contributed by atoms with Crippen LogP contribution in [0.3, 0.4) is 0 Å². The summed E-state index contributed by atoms with van der Waals surface area (Å²) < 4.78 is 54.9. The van der Waals surface area contributed by atoms with Crippen molar-refractivity contribution >= 4 is 43.2 Å². The molecule has 0 heterocycles. The maximum atomic E-state index is 12.8. The third-order valence-corrected chi connectivity index (χ3v) is 10.5. The maximum Gasteiger partial charge on any atom is 0.240 e. The third kappa shape index (κ3) is 8.60. The molecular weight excluding hydrogens is 552 g/mol. The lowest BCUT2D eigenvalue weighted by Gasteiger charge is -2.27. The molecule has 0 aromatic heterocycles. The molecule has 2 unspecified atom stereocenters. The fourth-order valence-electron chi connectivity index (χ4n) is 4.37. The summed E-state index contributed by atoms with van der Waals surface area (Å²) in [6, 6.07) is 11.8. The monoisotopic (exact) mass is 592 g/mol. The van der Waals surface area contributed by atoms with Gasteiger partial charge in [-0.25, -0.2) is 26.3 Å². The Balaban J connectivity index is 1.49. The molecule has 2 aromatic carbocycles. The minimum absolute atomic E-state index is 0.136. The molecule has 0 radical (unpaired) electrons. The van der Waals surface area contributed by atoms with Crippen molar-refractivity contribution < 1.29 is 26.4 Å². The summed E-state index contributed by atoms with van der Waals surface area (Å²) in [5.41, 5.74) is 1.02. The third-order valence-electron chi connectivity index (χ3n) is 7.27. The van der Waals surface area contributed by atoms with E-state index in [1.54, 1.807) is 38.1 Å². The van der Waals surface area contributed by atoms with Crippen molar-refractivity contribution in [2.24, 2.45) is 11.8 Å². The molecule has 40 heavy (non-hydrogen) atoms. The normalized spacial score (nSPS) is 19.4. The quantitative estimate of drug-likeness (QED) is 0.290. The Morgan fingerprint density at radius 1 is 0.650 bits per heavy atom. The first-order valence-corrected chi connectivity index (χ1v) is 16.7. The standard InChI is InChI=1S/C28H40N4O6S2/c1-5-19(3)31-39(35,36)25-15-11-23(12-16-25)29-27(33)21-7-9-22(10-8-21)28(34)30-24-13-17-26(18-14-24)40(37,38)32-20(4)6-2/h11-22,31-32H,5-10H2,1-4H3,(H,29,33)(H,30,34). The zero-order valence-corrected chi connectivity index (χ0v) is 25.1. The van der Waals surface area contributed by atoms with Crippen LogP contribution in [-0.2, 0) is 29.6 Å². The SMILES string of the molecule is CCC(C)NS(=O)(=O)c1ccc(NC(=O)C2CCC(C(=O)Nc3ccc(S(=O)(=O)NC(C)CC)cc3)CC2)cc1. The van der Waals surface area contributed by atoms with Gasteiger partial charge in [0.2, 0.25) is 31.9 Å². The molecule has 0 spiro atoms. The Morgan fingerprint density at radius 2 is 0.950 bits per heavy atom. The van der Waals surface area contributed by atoms with E-state index in [9.17, 15) is 26.4 Å². The summed E-state index contributed by atoms with van der Waals surface area (Å²) >= 11 is 0. The smallest absolute Gasteiger partial charge is 0.240 e. The van der Waals surface area contributed by atoms with Crippen molar-refractivity contribution in [2.75, 3.05) is 10.6 Å². The number of carbonyl (C=O) groups excluding carboxylic acids is 2. The van der Waals surface area contributed by atoms with Crippen LogP contribution in [0.1, 0.15) is 66.2 Å². The lowest BCUT2D eigenvalue weighted by molar-refractivity contribution is -0.125. The van der Waals surface area contributed by atoms with E-state index in [1.807, 2.05) is 13.8 Å². The molecule has 0 bridgehead atoms. The average molecular weight is 593 g/mol. The van der Waals surface area contributed by atoms with Crippen molar-refractivity contribution in [2.45, 2.75) is 88.1 Å². The van der Waals surface area contributed by atoms with Gasteiger partial charge in [-0.2, -0.15) is 0 Å². The van der Waals surface area contributed by atoms with E-state index < -0.39 is 20.0 Å². The molecule has 2 amide bonds. The molecule has 10 nitrogen and oxygen atoms in total. The highest BCUT2D eigenvalue weighted by atomic mass is 32.2. The Kier molecular flexibility index (Phi) is 10.9. The Labute approximate surface area is 237 Å². The number of benzene rings is 2. The number of amides is 2. The molecule has 220 valence electrons. The molecule has 1 aliphatic carbocycles. The van der Waals surface area contributed by atoms with Gasteiger partial charge < -0.3 is 10.6 Å². The molecule has 1 saturated carbocycles. The molecule has 1 aliphatic rings. The molecule has 4 N–H and O–H groups in total. The van der Waals surface area contributed by atoms with Crippen LogP contribution in [0.2, 0.25) is 0 Å². The Bertz CT molecular complexity index is 1260. The van der Waals surface area contributed by atoms with Crippen LogP contribution in [0, 0.1) is 11.8 Å². The van der Waals surface area contributed by atoms with E-state index in [-0.39, 0.29) is 45.5 Å². The second-order valence-electron chi connectivity index (χ2n) is 10.4.